The molecule has 2 N–H and O–H groups in total. The molecule has 6 nitrogen and oxygen atoms in total. The maximum Gasteiger partial charge on any atom is 0.229 e. The molecule has 1 fully saturated rings. The van der Waals surface area contributed by atoms with Gasteiger partial charge in [0, 0.05) is 13.0 Å². The zero-order valence-corrected chi connectivity index (χ0v) is 10.4. The summed E-state index contributed by atoms with van der Waals surface area (Å²) in [6.07, 6.45) is 3.24. The summed E-state index contributed by atoms with van der Waals surface area (Å²) in [5, 5.41) is 0. The van der Waals surface area contributed by atoms with Crippen molar-refractivity contribution in [2.24, 2.45) is 11.7 Å². The number of nitrogens with zero attached hydrogens (tertiary/aromatic N) is 3. The minimum Gasteiger partial charge on any atom is -0.369 e. The number of aromatic nitrogens is 2. The quantitative estimate of drug-likeness (QED) is 0.767. The van der Waals surface area contributed by atoms with Gasteiger partial charge in [-0.05, 0) is 22.6 Å². The number of amides is 2. The van der Waals surface area contributed by atoms with Gasteiger partial charge in [0.1, 0.15) is 3.70 Å². The van der Waals surface area contributed by atoms with Gasteiger partial charge in [0.25, 0.3) is 0 Å². The first-order chi connectivity index (χ1) is 7.58. The SMILES string of the molecule is NC(=O)C1CC(=O)N(c2cnc(I)cn2)C1. The Morgan fingerprint density at radius 3 is 2.75 bits per heavy atom. The molecule has 1 aromatic rings. The van der Waals surface area contributed by atoms with Gasteiger partial charge in [-0.25, -0.2) is 9.97 Å². The Labute approximate surface area is 105 Å². The number of hydrogen-bond donors (Lipinski definition) is 1. The predicted molar refractivity (Wildman–Crippen MR) is 64.4 cm³/mol. The van der Waals surface area contributed by atoms with Crippen molar-refractivity contribution in [1.82, 2.24) is 9.97 Å². The van der Waals surface area contributed by atoms with Gasteiger partial charge in [0.2, 0.25) is 11.8 Å². The zero-order chi connectivity index (χ0) is 11.7. The van der Waals surface area contributed by atoms with Gasteiger partial charge in [0.05, 0.1) is 18.3 Å². The maximum atomic E-state index is 11.6. The van der Waals surface area contributed by atoms with Crippen molar-refractivity contribution in [3.8, 4) is 0 Å². The molecule has 0 bridgehead atoms. The molecule has 1 saturated heterocycles. The van der Waals surface area contributed by atoms with E-state index in [2.05, 4.69) is 9.97 Å². The summed E-state index contributed by atoms with van der Waals surface area (Å²) in [6.45, 7) is 0.295. The van der Waals surface area contributed by atoms with E-state index >= 15 is 0 Å². The molecule has 2 heterocycles. The molecule has 0 aliphatic carbocycles. The number of hydrogen-bond acceptors (Lipinski definition) is 4. The van der Waals surface area contributed by atoms with Crippen molar-refractivity contribution in [1.29, 1.82) is 0 Å². The summed E-state index contributed by atoms with van der Waals surface area (Å²) >= 11 is 2.03. The van der Waals surface area contributed by atoms with E-state index in [9.17, 15) is 9.59 Å². The molecule has 2 rings (SSSR count). The zero-order valence-electron chi connectivity index (χ0n) is 8.26. The molecule has 1 aromatic heterocycles. The topological polar surface area (TPSA) is 89.2 Å². The fraction of sp³-hybridized carbons (Fsp3) is 0.333. The fourth-order valence-electron chi connectivity index (χ4n) is 1.56. The highest BCUT2D eigenvalue weighted by molar-refractivity contribution is 14.1. The number of anilines is 1. The summed E-state index contributed by atoms with van der Waals surface area (Å²) < 4.78 is 0.749. The van der Waals surface area contributed by atoms with E-state index in [-0.39, 0.29) is 12.3 Å². The highest BCUT2D eigenvalue weighted by Gasteiger charge is 2.34. The van der Waals surface area contributed by atoms with Crippen molar-refractivity contribution in [2.75, 3.05) is 11.4 Å². The number of carbonyl (C=O) groups is 2. The van der Waals surface area contributed by atoms with Crippen LogP contribution < -0.4 is 10.6 Å². The van der Waals surface area contributed by atoms with Crippen LogP contribution in [0.25, 0.3) is 0 Å². The maximum absolute atomic E-state index is 11.6. The lowest BCUT2D eigenvalue weighted by atomic mass is 10.1. The Bertz CT molecular complexity index is 434. The molecule has 84 valence electrons. The lowest BCUT2D eigenvalue weighted by Gasteiger charge is -2.13. The summed E-state index contributed by atoms with van der Waals surface area (Å²) in [5.74, 6) is -0.545. The van der Waals surface area contributed by atoms with E-state index in [1.807, 2.05) is 22.6 Å². The van der Waals surface area contributed by atoms with E-state index in [0.29, 0.717) is 12.4 Å². The number of nitrogens with two attached hydrogens (primary N) is 1. The van der Waals surface area contributed by atoms with Crippen LogP contribution in [0.3, 0.4) is 0 Å². The molecule has 0 saturated carbocycles. The van der Waals surface area contributed by atoms with Gasteiger partial charge in [0.15, 0.2) is 5.82 Å². The normalized spacial score (nSPS) is 20.2. The second-order valence-electron chi connectivity index (χ2n) is 3.51. The van der Waals surface area contributed by atoms with Crippen molar-refractivity contribution in [2.45, 2.75) is 6.42 Å². The van der Waals surface area contributed by atoms with Crippen LogP contribution in [-0.2, 0) is 9.59 Å². The van der Waals surface area contributed by atoms with Crippen LogP contribution in [-0.4, -0.2) is 28.3 Å². The van der Waals surface area contributed by atoms with E-state index in [4.69, 9.17) is 5.73 Å². The average Bonchev–Trinajstić information content (AvgIpc) is 2.62. The molecular weight excluding hydrogens is 323 g/mol. The molecule has 2 amide bonds. The highest BCUT2D eigenvalue weighted by atomic mass is 127. The largest absolute Gasteiger partial charge is 0.369 e. The third kappa shape index (κ3) is 2.13. The van der Waals surface area contributed by atoms with Crippen LogP contribution in [0.15, 0.2) is 12.4 Å². The molecule has 16 heavy (non-hydrogen) atoms. The Morgan fingerprint density at radius 2 is 2.25 bits per heavy atom. The molecule has 1 atom stereocenters. The fourth-order valence-corrected chi connectivity index (χ4v) is 1.84. The third-order valence-electron chi connectivity index (χ3n) is 2.41. The van der Waals surface area contributed by atoms with Gasteiger partial charge in [-0.1, -0.05) is 0 Å². The molecule has 1 unspecified atom stereocenters. The number of rotatable bonds is 2. The summed E-state index contributed by atoms with van der Waals surface area (Å²) in [5.41, 5.74) is 5.17. The van der Waals surface area contributed by atoms with Crippen LogP contribution >= 0.6 is 22.6 Å². The van der Waals surface area contributed by atoms with Crippen molar-refractivity contribution >= 4 is 40.2 Å². The van der Waals surface area contributed by atoms with Gasteiger partial charge in [-0.3, -0.25) is 14.5 Å². The first-order valence-corrected chi connectivity index (χ1v) is 5.73. The summed E-state index contributed by atoms with van der Waals surface area (Å²) in [7, 11) is 0. The number of carbonyl (C=O) groups excluding carboxylic acids is 2. The van der Waals surface area contributed by atoms with Gasteiger partial charge < -0.3 is 5.73 Å². The lowest BCUT2D eigenvalue weighted by Crippen LogP contribution is -2.29. The predicted octanol–water partition coefficient (Wildman–Crippen LogP) is -0.0806. The molecule has 0 radical (unpaired) electrons. The van der Waals surface area contributed by atoms with E-state index in [0.717, 1.165) is 3.70 Å². The molecule has 1 aliphatic heterocycles. The molecule has 0 aromatic carbocycles. The van der Waals surface area contributed by atoms with Crippen molar-refractivity contribution < 1.29 is 9.59 Å². The minimum absolute atomic E-state index is 0.140. The highest BCUT2D eigenvalue weighted by Crippen LogP contribution is 2.22. The van der Waals surface area contributed by atoms with Crippen LogP contribution in [0.2, 0.25) is 0 Å². The van der Waals surface area contributed by atoms with Crippen LogP contribution in [0, 0.1) is 9.62 Å². The van der Waals surface area contributed by atoms with Gasteiger partial charge >= 0.3 is 0 Å². The van der Waals surface area contributed by atoms with Crippen molar-refractivity contribution in [3.63, 3.8) is 0 Å². The molecule has 1 aliphatic rings. The first kappa shape index (κ1) is 11.2. The summed E-state index contributed by atoms with van der Waals surface area (Å²) in [4.78, 5) is 32.2. The standard InChI is InChI=1S/C9H9IN4O2/c10-6-2-13-7(3-12-6)14-4-5(9(11)16)1-8(14)15/h2-3,5H,1,4H2,(H2,11,16). The second-order valence-corrected chi connectivity index (χ2v) is 4.61. The molecule has 0 spiro atoms. The average molecular weight is 332 g/mol. The minimum atomic E-state index is -0.450. The second kappa shape index (κ2) is 4.32. The third-order valence-corrected chi connectivity index (χ3v) is 2.97. The van der Waals surface area contributed by atoms with Gasteiger partial charge in [-0.15, -0.1) is 0 Å². The molecular formula is C9H9IN4O2. The van der Waals surface area contributed by atoms with Crippen molar-refractivity contribution in [3.05, 3.63) is 16.1 Å². The number of halogens is 1. The lowest BCUT2D eigenvalue weighted by molar-refractivity contribution is -0.123. The smallest absolute Gasteiger partial charge is 0.229 e. The Hall–Kier alpha value is -1.25. The van der Waals surface area contributed by atoms with E-state index in [1.165, 1.54) is 11.1 Å². The summed E-state index contributed by atoms with van der Waals surface area (Å²) in [6, 6.07) is 0. The Morgan fingerprint density at radius 1 is 1.50 bits per heavy atom. The van der Waals surface area contributed by atoms with Crippen LogP contribution in [0.4, 0.5) is 5.82 Å². The monoisotopic (exact) mass is 332 g/mol. The number of primary amides is 1. The Kier molecular flexibility index (Phi) is 3.03. The van der Waals surface area contributed by atoms with Crippen LogP contribution in [0.5, 0.6) is 0 Å². The molecule has 7 heteroatoms. The first-order valence-electron chi connectivity index (χ1n) is 4.65. The van der Waals surface area contributed by atoms with E-state index in [1.54, 1.807) is 6.20 Å². The Balaban J connectivity index is 2.20. The van der Waals surface area contributed by atoms with Crippen LogP contribution in [0.1, 0.15) is 6.42 Å². The van der Waals surface area contributed by atoms with E-state index < -0.39 is 11.8 Å². The van der Waals surface area contributed by atoms with Gasteiger partial charge in [-0.2, -0.15) is 0 Å².